The molecule has 1 aliphatic heterocycles. The van der Waals surface area contributed by atoms with E-state index in [0.29, 0.717) is 0 Å². The zero-order chi connectivity index (χ0) is 18.1. The average molecular weight is 334 g/mol. The number of likely N-dealkylation sites (tertiary alicyclic amines) is 1. The molecule has 1 amide bonds. The first kappa shape index (κ1) is 20.2. The molecule has 0 bridgehead atoms. The van der Waals surface area contributed by atoms with Crippen molar-refractivity contribution in [1.82, 2.24) is 4.90 Å². The molecule has 24 heavy (non-hydrogen) atoms. The molecular weight excluding hydrogens is 304 g/mol. The number of hydrogen-bond acceptors (Lipinski definition) is 3. The van der Waals surface area contributed by atoms with Gasteiger partial charge in [-0.15, -0.1) is 0 Å². The summed E-state index contributed by atoms with van der Waals surface area (Å²) in [7, 11) is 0. The van der Waals surface area contributed by atoms with Crippen LogP contribution in [0.5, 0.6) is 0 Å². The Balaban J connectivity index is 0.000000648. The normalized spacial score (nSPS) is 17.6. The first-order valence-electron chi connectivity index (χ1n) is 8.67. The lowest BCUT2D eigenvalue weighted by atomic mass is 10.0. The topological polar surface area (TPSA) is 69.6 Å². The second-order valence-electron chi connectivity index (χ2n) is 6.32. The molecule has 1 aromatic rings. The van der Waals surface area contributed by atoms with Crippen molar-refractivity contribution in [3.8, 4) is 0 Å². The lowest BCUT2D eigenvalue weighted by molar-refractivity contribution is -0.134. The number of carbonyl (C=O) groups is 2. The number of amides is 1. The van der Waals surface area contributed by atoms with E-state index in [-0.39, 0.29) is 11.9 Å². The summed E-state index contributed by atoms with van der Waals surface area (Å²) in [5, 5.41) is 10.6. The molecule has 0 radical (unpaired) electrons. The number of piperidine rings is 1. The number of anilines is 1. The van der Waals surface area contributed by atoms with Crippen molar-refractivity contribution in [2.24, 2.45) is 0 Å². The molecule has 1 atom stereocenters. The second kappa shape index (κ2) is 10.1. The predicted octanol–water partition coefficient (Wildman–Crippen LogP) is 3.60. The molecule has 134 valence electrons. The van der Waals surface area contributed by atoms with Gasteiger partial charge in [-0.1, -0.05) is 31.5 Å². The van der Waals surface area contributed by atoms with Crippen LogP contribution in [0.2, 0.25) is 0 Å². The summed E-state index contributed by atoms with van der Waals surface area (Å²) in [5.41, 5.74) is 3.26. The Hall–Kier alpha value is -1.88. The number of aliphatic carboxylic acids is 1. The van der Waals surface area contributed by atoms with Gasteiger partial charge in [0.05, 0.1) is 6.04 Å². The molecular formula is C19H30N2O3. The Kier molecular flexibility index (Phi) is 8.47. The van der Waals surface area contributed by atoms with E-state index in [9.17, 15) is 4.79 Å². The van der Waals surface area contributed by atoms with Gasteiger partial charge >= 0.3 is 0 Å². The lowest BCUT2D eigenvalue weighted by Gasteiger charge is -2.34. The molecule has 2 rings (SSSR count). The number of benzene rings is 1. The minimum absolute atomic E-state index is 0.0442. The lowest BCUT2D eigenvalue weighted by Crippen LogP contribution is -2.47. The third-order valence-corrected chi connectivity index (χ3v) is 4.16. The maximum Gasteiger partial charge on any atom is 0.300 e. The van der Waals surface area contributed by atoms with Crippen LogP contribution in [0.1, 0.15) is 50.7 Å². The number of carboxylic acids is 1. The van der Waals surface area contributed by atoms with Crippen LogP contribution < -0.4 is 5.32 Å². The van der Waals surface area contributed by atoms with Gasteiger partial charge in [0, 0.05) is 12.6 Å². The predicted molar refractivity (Wildman–Crippen MR) is 97.4 cm³/mol. The molecule has 1 saturated heterocycles. The molecule has 0 unspecified atom stereocenters. The van der Waals surface area contributed by atoms with E-state index in [0.717, 1.165) is 56.1 Å². The highest BCUT2D eigenvalue weighted by Crippen LogP contribution is 2.23. The fourth-order valence-electron chi connectivity index (χ4n) is 3.06. The maximum atomic E-state index is 12.6. The minimum atomic E-state index is -0.833. The van der Waals surface area contributed by atoms with Gasteiger partial charge in [-0.3, -0.25) is 14.5 Å². The summed E-state index contributed by atoms with van der Waals surface area (Å²) in [6.45, 7) is 9.43. The van der Waals surface area contributed by atoms with E-state index in [1.807, 2.05) is 32.0 Å². The smallest absolute Gasteiger partial charge is 0.300 e. The maximum absolute atomic E-state index is 12.6. The molecule has 2 N–H and O–H groups in total. The molecule has 0 saturated carbocycles. The molecule has 0 aliphatic carbocycles. The van der Waals surface area contributed by atoms with Crippen molar-refractivity contribution in [2.75, 3.05) is 18.4 Å². The van der Waals surface area contributed by atoms with E-state index in [1.54, 1.807) is 0 Å². The third kappa shape index (κ3) is 6.32. The summed E-state index contributed by atoms with van der Waals surface area (Å²) < 4.78 is 0. The van der Waals surface area contributed by atoms with Gasteiger partial charge in [0.2, 0.25) is 5.91 Å². The van der Waals surface area contributed by atoms with E-state index in [2.05, 4.69) is 17.1 Å². The summed E-state index contributed by atoms with van der Waals surface area (Å²) in [4.78, 5) is 23.9. The summed E-state index contributed by atoms with van der Waals surface area (Å²) in [6.07, 6.45) is 4.46. The monoisotopic (exact) mass is 334 g/mol. The van der Waals surface area contributed by atoms with Gasteiger partial charge in [0.15, 0.2) is 0 Å². The van der Waals surface area contributed by atoms with Crippen molar-refractivity contribution in [3.05, 3.63) is 29.3 Å². The van der Waals surface area contributed by atoms with E-state index in [4.69, 9.17) is 9.90 Å². The number of para-hydroxylation sites is 1. The van der Waals surface area contributed by atoms with Crippen LogP contribution >= 0.6 is 0 Å². The largest absolute Gasteiger partial charge is 0.481 e. The van der Waals surface area contributed by atoms with Crippen LogP contribution in [0.3, 0.4) is 0 Å². The molecule has 1 fully saturated rings. The SMILES string of the molecule is CC(=O)O.CCCN1CCCC[C@H]1C(=O)Nc1c(C)cccc1C. The molecule has 0 aromatic heterocycles. The highest BCUT2D eigenvalue weighted by Gasteiger charge is 2.28. The van der Waals surface area contributed by atoms with Crippen LogP contribution in [-0.2, 0) is 9.59 Å². The van der Waals surface area contributed by atoms with Gasteiger partial charge in [-0.25, -0.2) is 0 Å². The van der Waals surface area contributed by atoms with Crippen molar-refractivity contribution in [1.29, 1.82) is 0 Å². The van der Waals surface area contributed by atoms with Gasteiger partial charge in [0.1, 0.15) is 0 Å². The first-order chi connectivity index (χ1) is 11.4. The number of aryl methyl sites for hydroxylation is 2. The number of carbonyl (C=O) groups excluding carboxylic acids is 1. The van der Waals surface area contributed by atoms with Crippen LogP contribution in [0.25, 0.3) is 0 Å². The number of nitrogens with one attached hydrogen (secondary N) is 1. The van der Waals surface area contributed by atoms with Crippen molar-refractivity contribution in [3.63, 3.8) is 0 Å². The molecule has 0 spiro atoms. The first-order valence-corrected chi connectivity index (χ1v) is 8.67. The van der Waals surface area contributed by atoms with Crippen molar-refractivity contribution in [2.45, 2.75) is 59.4 Å². The van der Waals surface area contributed by atoms with Crippen molar-refractivity contribution >= 4 is 17.6 Å². The van der Waals surface area contributed by atoms with Crippen LogP contribution in [-0.4, -0.2) is 41.0 Å². The molecule has 1 aromatic carbocycles. The molecule has 1 heterocycles. The van der Waals surface area contributed by atoms with Gasteiger partial charge in [0.25, 0.3) is 5.97 Å². The second-order valence-corrected chi connectivity index (χ2v) is 6.32. The standard InChI is InChI=1S/C17H26N2O.C2H4O2/c1-4-11-19-12-6-5-10-15(19)17(20)18-16-13(2)8-7-9-14(16)3;1-2(3)4/h7-9,15H,4-6,10-12H2,1-3H3,(H,18,20);1H3,(H,3,4)/t15-;/m0./s1. The number of rotatable bonds is 4. The Morgan fingerprint density at radius 1 is 1.25 bits per heavy atom. The summed E-state index contributed by atoms with van der Waals surface area (Å²) in [5.74, 6) is -0.671. The van der Waals surface area contributed by atoms with E-state index >= 15 is 0 Å². The Morgan fingerprint density at radius 2 is 1.83 bits per heavy atom. The summed E-state index contributed by atoms with van der Waals surface area (Å²) in [6, 6.07) is 6.17. The van der Waals surface area contributed by atoms with E-state index < -0.39 is 5.97 Å². The zero-order valence-electron chi connectivity index (χ0n) is 15.3. The third-order valence-electron chi connectivity index (χ3n) is 4.16. The summed E-state index contributed by atoms with van der Waals surface area (Å²) >= 11 is 0. The number of nitrogens with zero attached hydrogens (tertiary/aromatic N) is 1. The van der Waals surface area contributed by atoms with Gasteiger partial charge in [-0.05, 0) is 57.3 Å². The van der Waals surface area contributed by atoms with Crippen LogP contribution in [0.4, 0.5) is 5.69 Å². The highest BCUT2D eigenvalue weighted by atomic mass is 16.4. The fraction of sp³-hybridized carbons (Fsp3) is 0.579. The molecule has 1 aliphatic rings. The average Bonchev–Trinajstić information content (AvgIpc) is 2.51. The Bertz CT molecular complexity index is 531. The Morgan fingerprint density at radius 3 is 2.38 bits per heavy atom. The van der Waals surface area contributed by atoms with Crippen LogP contribution in [0.15, 0.2) is 18.2 Å². The quantitative estimate of drug-likeness (QED) is 0.883. The number of carboxylic acid groups (broad SMARTS) is 1. The van der Waals surface area contributed by atoms with Crippen LogP contribution in [0, 0.1) is 13.8 Å². The molecule has 5 heteroatoms. The van der Waals surface area contributed by atoms with E-state index in [1.165, 1.54) is 6.42 Å². The van der Waals surface area contributed by atoms with Gasteiger partial charge in [-0.2, -0.15) is 0 Å². The Labute approximate surface area is 145 Å². The zero-order valence-corrected chi connectivity index (χ0v) is 15.3. The molecule has 5 nitrogen and oxygen atoms in total. The minimum Gasteiger partial charge on any atom is -0.481 e. The number of hydrogen-bond donors (Lipinski definition) is 2. The fourth-order valence-corrected chi connectivity index (χ4v) is 3.06. The van der Waals surface area contributed by atoms with Gasteiger partial charge < -0.3 is 10.4 Å². The van der Waals surface area contributed by atoms with Crippen molar-refractivity contribution < 1.29 is 14.7 Å². The highest BCUT2D eigenvalue weighted by molar-refractivity contribution is 5.96.